The summed E-state index contributed by atoms with van der Waals surface area (Å²) in [7, 11) is 1.84. The number of benzene rings is 1. The summed E-state index contributed by atoms with van der Waals surface area (Å²) < 4.78 is 0. The molecular weight excluding hydrogens is 204 g/mol. The molecule has 16 heavy (non-hydrogen) atoms. The zero-order chi connectivity index (χ0) is 11.1. The average Bonchev–Trinajstić information content (AvgIpc) is 2.34. The summed E-state index contributed by atoms with van der Waals surface area (Å²) >= 11 is 0. The van der Waals surface area contributed by atoms with Crippen LogP contribution in [0.2, 0.25) is 0 Å². The Bertz CT molecular complexity index is 591. The number of rotatable bonds is 1. The van der Waals surface area contributed by atoms with Crippen LogP contribution >= 0.6 is 0 Å². The van der Waals surface area contributed by atoms with E-state index in [1.165, 1.54) is 0 Å². The first-order valence-electron chi connectivity index (χ1n) is 4.85. The smallest absolute Gasteiger partial charge is 0.179 e. The molecule has 0 saturated carbocycles. The number of hydrazine groups is 1. The zero-order valence-electron chi connectivity index (χ0n) is 8.68. The minimum atomic E-state index is 0.573. The molecule has 6 heteroatoms. The van der Waals surface area contributed by atoms with Gasteiger partial charge in [-0.25, -0.2) is 10.9 Å². The number of nitrogens with two attached hydrogens (primary N) is 1. The number of anilines is 2. The second kappa shape index (κ2) is 3.14. The Morgan fingerprint density at radius 1 is 1.31 bits per heavy atom. The monoisotopic (exact) mass is 214 g/mol. The van der Waals surface area contributed by atoms with Gasteiger partial charge in [0.2, 0.25) is 0 Å². The van der Waals surface area contributed by atoms with Crippen molar-refractivity contribution in [1.29, 1.82) is 0 Å². The Kier molecular flexibility index (Phi) is 1.78. The quantitative estimate of drug-likeness (QED) is 0.539. The Hall–Kier alpha value is -2.21. The van der Waals surface area contributed by atoms with Crippen molar-refractivity contribution in [2.75, 3.05) is 17.5 Å². The normalized spacial score (nSPS) is 13.2. The summed E-state index contributed by atoms with van der Waals surface area (Å²) in [5, 5.41) is 16.0. The third kappa shape index (κ3) is 1.07. The molecule has 80 valence electrons. The van der Waals surface area contributed by atoms with Gasteiger partial charge in [-0.1, -0.05) is 18.2 Å². The minimum absolute atomic E-state index is 0.573. The van der Waals surface area contributed by atoms with E-state index in [1.54, 1.807) is 11.2 Å². The topological polar surface area (TPSA) is 79.4 Å². The fourth-order valence-corrected chi connectivity index (χ4v) is 1.86. The van der Waals surface area contributed by atoms with Gasteiger partial charge in [-0.3, -0.25) is 0 Å². The summed E-state index contributed by atoms with van der Waals surface area (Å²) in [6, 6.07) is 5.89. The summed E-state index contributed by atoms with van der Waals surface area (Å²) in [6.45, 7) is 0. The second-order valence-electron chi connectivity index (χ2n) is 3.55. The van der Waals surface area contributed by atoms with Gasteiger partial charge < -0.3 is 5.43 Å². The highest BCUT2D eigenvalue weighted by Gasteiger charge is 2.17. The number of hydrazone groups is 1. The first-order chi connectivity index (χ1) is 7.81. The number of aromatic nitrogens is 2. The van der Waals surface area contributed by atoms with Crippen molar-refractivity contribution in [2.24, 2.45) is 10.9 Å². The van der Waals surface area contributed by atoms with Gasteiger partial charge >= 0.3 is 0 Å². The highest BCUT2D eigenvalue weighted by Crippen LogP contribution is 2.32. The minimum Gasteiger partial charge on any atom is -0.306 e. The number of nitrogens with zero attached hydrogens (tertiary/aromatic N) is 4. The molecule has 0 amide bonds. The summed E-state index contributed by atoms with van der Waals surface area (Å²) in [5.41, 5.74) is 3.58. The molecule has 6 nitrogen and oxygen atoms in total. The lowest BCUT2D eigenvalue weighted by molar-refractivity contribution is 0.929. The molecule has 2 aromatic rings. The second-order valence-corrected chi connectivity index (χ2v) is 3.55. The Balaban J connectivity index is 2.47. The van der Waals surface area contributed by atoms with Crippen LogP contribution in [0.15, 0.2) is 23.3 Å². The lowest BCUT2D eigenvalue weighted by Gasteiger charge is -2.19. The number of hydrogen-bond acceptors (Lipinski definition) is 6. The predicted octanol–water partition coefficient (Wildman–Crippen LogP) is 0.699. The highest BCUT2D eigenvalue weighted by atomic mass is 15.5. The van der Waals surface area contributed by atoms with Crippen LogP contribution in [0.25, 0.3) is 10.8 Å². The number of nitrogens with one attached hydrogen (secondary N) is 1. The number of nitrogen functional groups attached to an aromatic ring is 1. The maximum absolute atomic E-state index is 5.41. The Labute approximate surface area is 91.7 Å². The van der Waals surface area contributed by atoms with Crippen LogP contribution in [-0.4, -0.2) is 23.5 Å². The van der Waals surface area contributed by atoms with Gasteiger partial charge in [0.25, 0.3) is 0 Å². The van der Waals surface area contributed by atoms with Crippen molar-refractivity contribution in [3.05, 3.63) is 23.8 Å². The standard InChI is InChI=1S/C10H10N6/c1-16-10-8-6(5-12-16)3-2-4-7(8)9(13-11)14-15-10/h2-5H,11H2,1H3,(H,13,14). The SMILES string of the molecule is CN1N=Cc2cccc3c(NN)nnc1c23. The molecular formula is C10H10N6. The molecule has 0 saturated heterocycles. The van der Waals surface area contributed by atoms with E-state index in [-0.39, 0.29) is 0 Å². The molecule has 1 aliphatic rings. The first-order valence-corrected chi connectivity index (χ1v) is 4.85. The number of hydrogen-bond donors (Lipinski definition) is 2. The van der Waals surface area contributed by atoms with E-state index in [1.807, 2.05) is 25.2 Å². The molecule has 0 fully saturated rings. The highest BCUT2D eigenvalue weighted by molar-refractivity contribution is 6.10. The van der Waals surface area contributed by atoms with Crippen molar-refractivity contribution in [3.8, 4) is 0 Å². The van der Waals surface area contributed by atoms with Gasteiger partial charge in [0, 0.05) is 23.4 Å². The molecule has 0 unspecified atom stereocenters. The van der Waals surface area contributed by atoms with E-state index in [0.717, 1.165) is 22.2 Å². The lowest BCUT2D eigenvalue weighted by atomic mass is 10.1. The molecule has 1 aromatic heterocycles. The van der Waals surface area contributed by atoms with E-state index in [4.69, 9.17) is 5.84 Å². The first kappa shape index (κ1) is 9.05. The van der Waals surface area contributed by atoms with Gasteiger partial charge in [0.05, 0.1) is 6.21 Å². The summed E-state index contributed by atoms with van der Waals surface area (Å²) in [4.78, 5) is 0. The van der Waals surface area contributed by atoms with Crippen molar-refractivity contribution in [1.82, 2.24) is 10.2 Å². The predicted molar refractivity (Wildman–Crippen MR) is 63.3 cm³/mol. The fourth-order valence-electron chi connectivity index (χ4n) is 1.86. The molecule has 0 spiro atoms. The van der Waals surface area contributed by atoms with Gasteiger partial charge in [-0.15, -0.1) is 10.2 Å². The van der Waals surface area contributed by atoms with E-state index < -0.39 is 0 Å². The van der Waals surface area contributed by atoms with Crippen LogP contribution in [0, 0.1) is 0 Å². The van der Waals surface area contributed by atoms with Crippen LogP contribution in [0.3, 0.4) is 0 Å². The van der Waals surface area contributed by atoms with Gasteiger partial charge in [-0.05, 0) is 0 Å². The van der Waals surface area contributed by atoms with Crippen LogP contribution in [0.4, 0.5) is 11.6 Å². The van der Waals surface area contributed by atoms with Crippen molar-refractivity contribution < 1.29 is 0 Å². The molecule has 1 aromatic carbocycles. The zero-order valence-corrected chi connectivity index (χ0v) is 8.68. The van der Waals surface area contributed by atoms with Gasteiger partial charge in [0.1, 0.15) is 0 Å². The van der Waals surface area contributed by atoms with Gasteiger partial charge in [0.15, 0.2) is 11.6 Å². The van der Waals surface area contributed by atoms with E-state index in [9.17, 15) is 0 Å². The fraction of sp³-hybridized carbons (Fsp3) is 0.100. The van der Waals surface area contributed by atoms with Crippen molar-refractivity contribution in [2.45, 2.75) is 0 Å². The van der Waals surface area contributed by atoms with Crippen LogP contribution in [0.1, 0.15) is 5.56 Å². The molecule has 1 aliphatic heterocycles. The van der Waals surface area contributed by atoms with Crippen LogP contribution < -0.4 is 16.3 Å². The molecule has 2 heterocycles. The molecule has 0 aliphatic carbocycles. The average molecular weight is 214 g/mol. The molecule has 3 N–H and O–H groups in total. The molecule has 0 atom stereocenters. The molecule has 0 radical (unpaired) electrons. The molecule has 3 rings (SSSR count). The van der Waals surface area contributed by atoms with Crippen LogP contribution in [-0.2, 0) is 0 Å². The van der Waals surface area contributed by atoms with E-state index >= 15 is 0 Å². The lowest BCUT2D eigenvalue weighted by Crippen LogP contribution is -2.18. The van der Waals surface area contributed by atoms with Gasteiger partial charge in [-0.2, -0.15) is 5.10 Å². The van der Waals surface area contributed by atoms with Crippen molar-refractivity contribution >= 4 is 28.6 Å². The van der Waals surface area contributed by atoms with Crippen molar-refractivity contribution in [3.63, 3.8) is 0 Å². The summed E-state index contributed by atoms with van der Waals surface area (Å²) in [5.74, 6) is 6.73. The Morgan fingerprint density at radius 3 is 3.00 bits per heavy atom. The third-order valence-electron chi connectivity index (χ3n) is 2.63. The van der Waals surface area contributed by atoms with Crippen LogP contribution in [0.5, 0.6) is 0 Å². The maximum Gasteiger partial charge on any atom is 0.179 e. The maximum atomic E-state index is 5.41. The Morgan fingerprint density at radius 2 is 2.19 bits per heavy atom. The van der Waals surface area contributed by atoms with E-state index in [2.05, 4.69) is 20.7 Å². The molecule has 0 bridgehead atoms. The largest absolute Gasteiger partial charge is 0.306 e. The summed E-state index contributed by atoms with van der Waals surface area (Å²) in [6.07, 6.45) is 1.80. The van der Waals surface area contributed by atoms with E-state index in [0.29, 0.717) is 5.82 Å². The third-order valence-corrected chi connectivity index (χ3v) is 2.63.